The number of rotatable bonds is 6. The number of hydrogen-bond donors (Lipinski definition) is 1. The molecule has 2 aliphatic carbocycles. The van der Waals surface area contributed by atoms with Crippen molar-refractivity contribution in [2.75, 3.05) is 19.6 Å². The van der Waals surface area contributed by atoms with E-state index in [4.69, 9.17) is 0 Å². The van der Waals surface area contributed by atoms with Gasteiger partial charge in [0.15, 0.2) is 0 Å². The first-order valence-electron chi connectivity index (χ1n) is 8.03. The third kappa shape index (κ3) is 3.71. The summed E-state index contributed by atoms with van der Waals surface area (Å²) in [6, 6.07) is 1.49. The van der Waals surface area contributed by atoms with Crippen LogP contribution in [0.1, 0.15) is 59.8 Å². The molecule has 0 amide bonds. The monoisotopic (exact) mass is 252 g/mol. The predicted octanol–water partition coefficient (Wildman–Crippen LogP) is 3.28. The van der Waals surface area contributed by atoms with E-state index >= 15 is 0 Å². The van der Waals surface area contributed by atoms with E-state index in [1.807, 2.05) is 0 Å². The highest BCUT2D eigenvalue weighted by atomic mass is 15.2. The van der Waals surface area contributed by atoms with Crippen molar-refractivity contribution in [2.45, 2.75) is 71.9 Å². The van der Waals surface area contributed by atoms with E-state index in [0.29, 0.717) is 5.41 Å². The normalized spacial score (nSPS) is 31.8. The fourth-order valence-electron chi connectivity index (χ4n) is 3.56. The number of nitrogens with zero attached hydrogens (tertiary/aromatic N) is 1. The molecule has 2 aliphatic rings. The van der Waals surface area contributed by atoms with Gasteiger partial charge in [0.25, 0.3) is 0 Å². The molecule has 0 aromatic rings. The summed E-state index contributed by atoms with van der Waals surface area (Å²) in [5.74, 6) is 1.01. The fourth-order valence-corrected chi connectivity index (χ4v) is 3.56. The molecule has 0 spiro atoms. The minimum Gasteiger partial charge on any atom is -0.313 e. The predicted molar refractivity (Wildman–Crippen MR) is 78.9 cm³/mol. The molecule has 2 unspecified atom stereocenters. The fraction of sp³-hybridized carbons (Fsp3) is 1.00. The molecule has 2 fully saturated rings. The van der Waals surface area contributed by atoms with Gasteiger partial charge in [0.05, 0.1) is 0 Å². The first-order chi connectivity index (χ1) is 8.55. The van der Waals surface area contributed by atoms with Gasteiger partial charge in [-0.1, -0.05) is 27.7 Å². The van der Waals surface area contributed by atoms with Gasteiger partial charge in [0.1, 0.15) is 0 Å². The molecule has 2 saturated carbocycles. The zero-order valence-corrected chi connectivity index (χ0v) is 12.8. The van der Waals surface area contributed by atoms with Crippen molar-refractivity contribution >= 4 is 0 Å². The second kappa shape index (κ2) is 5.92. The number of hydrogen-bond acceptors (Lipinski definition) is 2. The maximum absolute atomic E-state index is 3.74. The van der Waals surface area contributed by atoms with Gasteiger partial charge >= 0.3 is 0 Å². The van der Waals surface area contributed by atoms with Crippen LogP contribution in [0, 0.1) is 11.3 Å². The summed E-state index contributed by atoms with van der Waals surface area (Å²) < 4.78 is 0. The lowest BCUT2D eigenvalue weighted by Crippen LogP contribution is -2.55. The van der Waals surface area contributed by atoms with Crippen molar-refractivity contribution in [1.29, 1.82) is 0 Å². The summed E-state index contributed by atoms with van der Waals surface area (Å²) in [5.41, 5.74) is 0.535. The van der Waals surface area contributed by atoms with Gasteiger partial charge in [-0.25, -0.2) is 0 Å². The average Bonchev–Trinajstić information content (AvgIpc) is 3.12. The molecule has 0 saturated heterocycles. The van der Waals surface area contributed by atoms with Gasteiger partial charge in [0.2, 0.25) is 0 Å². The van der Waals surface area contributed by atoms with E-state index in [9.17, 15) is 0 Å². The maximum atomic E-state index is 3.74. The topological polar surface area (TPSA) is 15.3 Å². The van der Waals surface area contributed by atoms with E-state index in [-0.39, 0.29) is 0 Å². The van der Waals surface area contributed by atoms with Crippen LogP contribution in [0.3, 0.4) is 0 Å². The number of likely N-dealkylation sites (N-methyl/N-ethyl adjacent to an activating group) is 2. The maximum Gasteiger partial charge on any atom is 0.0254 e. The Labute approximate surface area is 114 Å². The smallest absolute Gasteiger partial charge is 0.0254 e. The first-order valence-corrected chi connectivity index (χ1v) is 8.03. The second-order valence-corrected chi connectivity index (χ2v) is 7.17. The lowest BCUT2D eigenvalue weighted by molar-refractivity contribution is 0.0656. The van der Waals surface area contributed by atoms with Crippen molar-refractivity contribution in [1.82, 2.24) is 10.2 Å². The molecule has 18 heavy (non-hydrogen) atoms. The van der Waals surface area contributed by atoms with Crippen LogP contribution in [-0.2, 0) is 0 Å². The van der Waals surface area contributed by atoms with Crippen LogP contribution in [0.5, 0.6) is 0 Å². The highest BCUT2D eigenvalue weighted by Gasteiger charge is 2.38. The highest BCUT2D eigenvalue weighted by Crippen LogP contribution is 2.39. The number of nitrogens with one attached hydrogen (secondary N) is 1. The SMILES string of the molecule is CCNC1CCC(C)(C)CC1N(CC)CC1CC1. The summed E-state index contributed by atoms with van der Waals surface area (Å²) in [5, 5.41) is 3.74. The Bertz CT molecular complexity index is 258. The molecular weight excluding hydrogens is 220 g/mol. The van der Waals surface area contributed by atoms with E-state index < -0.39 is 0 Å². The zero-order valence-electron chi connectivity index (χ0n) is 12.8. The van der Waals surface area contributed by atoms with Gasteiger partial charge in [-0.3, -0.25) is 4.90 Å². The van der Waals surface area contributed by atoms with Crippen molar-refractivity contribution in [2.24, 2.45) is 11.3 Å². The Balaban J connectivity index is 2.01. The molecule has 106 valence electrons. The second-order valence-electron chi connectivity index (χ2n) is 7.17. The summed E-state index contributed by atoms with van der Waals surface area (Å²) in [6.07, 6.45) is 7.04. The molecule has 1 N–H and O–H groups in total. The average molecular weight is 252 g/mol. The minimum absolute atomic E-state index is 0.535. The Morgan fingerprint density at radius 3 is 2.44 bits per heavy atom. The molecule has 0 aromatic heterocycles. The van der Waals surface area contributed by atoms with Crippen molar-refractivity contribution in [3.8, 4) is 0 Å². The molecule has 2 nitrogen and oxygen atoms in total. The summed E-state index contributed by atoms with van der Waals surface area (Å²) in [6.45, 7) is 13.2. The van der Waals surface area contributed by atoms with Crippen molar-refractivity contribution in [3.63, 3.8) is 0 Å². The summed E-state index contributed by atoms with van der Waals surface area (Å²) in [4.78, 5) is 2.77. The third-order valence-electron chi connectivity index (χ3n) is 4.89. The van der Waals surface area contributed by atoms with E-state index in [1.165, 1.54) is 45.2 Å². The van der Waals surface area contributed by atoms with Gasteiger partial charge in [0, 0.05) is 18.6 Å². The van der Waals surface area contributed by atoms with Crippen LogP contribution >= 0.6 is 0 Å². The van der Waals surface area contributed by atoms with E-state index in [0.717, 1.165) is 24.5 Å². The quantitative estimate of drug-likeness (QED) is 0.780. The molecule has 0 bridgehead atoms. The lowest BCUT2D eigenvalue weighted by Gasteiger charge is -2.46. The molecule has 0 aromatic carbocycles. The Hall–Kier alpha value is -0.0800. The van der Waals surface area contributed by atoms with Gasteiger partial charge < -0.3 is 5.32 Å². The lowest BCUT2D eigenvalue weighted by atomic mass is 9.72. The molecule has 0 aliphatic heterocycles. The zero-order chi connectivity index (χ0) is 13.2. The Kier molecular flexibility index (Phi) is 4.71. The van der Waals surface area contributed by atoms with E-state index in [2.05, 4.69) is 37.9 Å². The highest BCUT2D eigenvalue weighted by molar-refractivity contribution is 4.95. The van der Waals surface area contributed by atoms with Crippen LogP contribution in [0.2, 0.25) is 0 Å². The van der Waals surface area contributed by atoms with Crippen LogP contribution in [0.15, 0.2) is 0 Å². The molecule has 0 heterocycles. The summed E-state index contributed by atoms with van der Waals surface area (Å²) >= 11 is 0. The van der Waals surface area contributed by atoms with Crippen molar-refractivity contribution in [3.05, 3.63) is 0 Å². The Morgan fingerprint density at radius 1 is 1.17 bits per heavy atom. The van der Waals surface area contributed by atoms with Gasteiger partial charge in [-0.2, -0.15) is 0 Å². The third-order valence-corrected chi connectivity index (χ3v) is 4.89. The summed E-state index contributed by atoms with van der Waals surface area (Å²) in [7, 11) is 0. The molecule has 2 atom stereocenters. The van der Waals surface area contributed by atoms with Gasteiger partial charge in [-0.15, -0.1) is 0 Å². The van der Waals surface area contributed by atoms with Crippen LogP contribution in [0.4, 0.5) is 0 Å². The first kappa shape index (κ1) is 14.3. The molecular formula is C16H32N2. The van der Waals surface area contributed by atoms with Crippen LogP contribution < -0.4 is 5.32 Å². The standard InChI is InChI=1S/C16H32N2/c1-5-17-14-9-10-16(3,4)11-15(14)18(6-2)12-13-7-8-13/h13-15,17H,5-12H2,1-4H3. The van der Waals surface area contributed by atoms with Crippen LogP contribution in [0.25, 0.3) is 0 Å². The minimum atomic E-state index is 0.535. The van der Waals surface area contributed by atoms with E-state index in [1.54, 1.807) is 0 Å². The van der Waals surface area contributed by atoms with Gasteiger partial charge in [-0.05, 0) is 56.5 Å². The van der Waals surface area contributed by atoms with Crippen LogP contribution in [-0.4, -0.2) is 36.6 Å². The van der Waals surface area contributed by atoms with Crippen molar-refractivity contribution < 1.29 is 0 Å². The molecule has 0 radical (unpaired) electrons. The Morgan fingerprint density at radius 2 is 1.89 bits per heavy atom. The molecule has 2 rings (SSSR count). The molecule has 2 heteroatoms. The largest absolute Gasteiger partial charge is 0.313 e.